The summed E-state index contributed by atoms with van der Waals surface area (Å²) in [6.07, 6.45) is 3.31. The van der Waals surface area contributed by atoms with Gasteiger partial charge in [0.2, 0.25) is 0 Å². The fraction of sp³-hybridized carbons (Fsp3) is 0.353. The van der Waals surface area contributed by atoms with Gasteiger partial charge in [0, 0.05) is 44.2 Å². The molecule has 7 heteroatoms. The lowest BCUT2D eigenvalue weighted by Crippen LogP contribution is -2.30. The monoisotopic (exact) mass is 341 g/mol. The van der Waals surface area contributed by atoms with Gasteiger partial charge in [-0.1, -0.05) is 0 Å². The molecule has 0 bridgehead atoms. The Morgan fingerprint density at radius 1 is 0.958 bits per heavy atom. The Kier molecular flexibility index (Phi) is 3.16. The van der Waals surface area contributed by atoms with Gasteiger partial charge in [-0.3, -0.25) is 0 Å². The second-order valence-corrected chi connectivity index (χ2v) is 7.39. The van der Waals surface area contributed by atoms with Crippen LogP contribution in [-0.4, -0.2) is 41.1 Å². The minimum atomic E-state index is -0.231. The van der Waals surface area contributed by atoms with E-state index < -0.39 is 0 Å². The molecule has 5 nitrogen and oxygen atoms in total. The molecule has 2 aliphatic rings. The number of halogens is 1. The maximum absolute atomic E-state index is 14.0. The molecule has 2 fully saturated rings. The maximum Gasteiger partial charge on any atom is 0.165 e. The molecule has 0 amide bonds. The lowest BCUT2D eigenvalue weighted by molar-refractivity contribution is 0.533. The van der Waals surface area contributed by atoms with Gasteiger partial charge >= 0.3 is 0 Å². The predicted octanol–water partition coefficient (Wildman–Crippen LogP) is 2.80. The Hall–Kier alpha value is -2.28. The topological polar surface area (TPSA) is 45.2 Å². The van der Waals surface area contributed by atoms with E-state index in [1.54, 1.807) is 29.9 Å². The summed E-state index contributed by atoms with van der Waals surface area (Å²) in [4.78, 5) is 17.5. The molecule has 2 aliphatic heterocycles. The number of hydrogen-bond acceptors (Lipinski definition) is 6. The van der Waals surface area contributed by atoms with Crippen LogP contribution in [0.25, 0.3) is 10.2 Å². The molecule has 2 saturated heterocycles. The van der Waals surface area contributed by atoms with Crippen molar-refractivity contribution in [1.82, 2.24) is 15.0 Å². The molecule has 5 heterocycles. The molecule has 0 saturated carbocycles. The normalized spacial score (nSPS) is 23.2. The van der Waals surface area contributed by atoms with Crippen LogP contribution in [0.1, 0.15) is 0 Å². The highest BCUT2D eigenvalue weighted by Gasteiger charge is 2.41. The first-order valence-electron chi connectivity index (χ1n) is 8.08. The summed E-state index contributed by atoms with van der Waals surface area (Å²) >= 11 is 1.69. The van der Waals surface area contributed by atoms with Crippen molar-refractivity contribution in [3.05, 3.63) is 41.9 Å². The van der Waals surface area contributed by atoms with E-state index in [4.69, 9.17) is 0 Å². The summed E-state index contributed by atoms with van der Waals surface area (Å²) < 4.78 is 15.1. The fourth-order valence-corrected chi connectivity index (χ4v) is 4.81. The molecule has 122 valence electrons. The largest absolute Gasteiger partial charge is 0.355 e. The number of fused-ring (bicyclic) bond motifs is 2. The molecule has 0 aromatic carbocycles. The Morgan fingerprint density at radius 2 is 1.71 bits per heavy atom. The minimum Gasteiger partial charge on any atom is -0.355 e. The zero-order valence-corrected chi connectivity index (χ0v) is 13.8. The first-order chi connectivity index (χ1) is 11.8. The molecule has 3 aromatic rings. The molecule has 0 spiro atoms. The van der Waals surface area contributed by atoms with E-state index in [1.165, 1.54) is 6.07 Å². The van der Waals surface area contributed by atoms with Crippen molar-refractivity contribution >= 4 is 33.2 Å². The summed E-state index contributed by atoms with van der Waals surface area (Å²) in [6.45, 7) is 3.63. The van der Waals surface area contributed by atoms with E-state index in [1.807, 2.05) is 6.07 Å². The van der Waals surface area contributed by atoms with Crippen LogP contribution in [0.5, 0.6) is 0 Å². The molecule has 2 atom stereocenters. The Balaban J connectivity index is 1.37. The van der Waals surface area contributed by atoms with Crippen molar-refractivity contribution in [2.45, 2.75) is 0 Å². The predicted molar refractivity (Wildman–Crippen MR) is 93.0 cm³/mol. The van der Waals surface area contributed by atoms with E-state index in [9.17, 15) is 4.39 Å². The van der Waals surface area contributed by atoms with Crippen LogP contribution in [0.3, 0.4) is 0 Å². The van der Waals surface area contributed by atoms with Crippen LogP contribution in [-0.2, 0) is 0 Å². The molecular formula is C17H16FN5S. The highest BCUT2D eigenvalue weighted by atomic mass is 32.1. The number of thiophene rings is 1. The number of rotatable bonds is 2. The average Bonchev–Trinajstić information content (AvgIpc) is 3.28. The van der Waals surface area contributed by atoms with E-state index >= 15 is 0 Å². The number of hydrogen-bond donors (Lipinski definition) is 0. The van der Waals surface area contributed by atoms with Crippen LogP contribution in [0.2, 0.25) is 0 Å². The molecule has 24 heavy (non-hydrogen) atoms. The lowest BCUT2D eigenvalue weighted by Gasteiger charge is -2.23. The van der Waals surface area contributed by atoms with E-state index in [0.717, 1.165) is 42.2 Å². The molecule has 0 radical (unpaired) electrons. The van der Waals surface area contributed by atoms with Crippen molar-refractivity contribution in [3.63, 3.8) is 0 Å². The standard InChI is InChI=1S/C17H16FN5S/c18-13-2-1-4-19-16(13)22-6-11-8-23(9-12(11)7-22)17-15-14(3-5-24-15)20-10-21-17/h1-5,10-12H,6-9H2. The van der Waals surface area contributed by atoms with Gasteiger partial charge in [0.15, 0.2) is 11.6 Å². The second-order valence-electron chi connectivity index (χ2n) is 6.47. The second kappa shape index (κ2) is 5.37. The first kappa shape index (κ1) is 14.1. The SMILES string of the molecule is Fc1cccnc1N1CC2CN(c3ncnc4ccsc34)CC2C1. The number of pyridine rings is 1. The average molecular weight is 341 g/mol. The van der Waals surface area contributed by atoms with Gasteiger partial charge in [0.1, 0.15) is 12.1 Å². The third-order valence-electron chi connectivity index (χ3n) is 5.05. The Morgan fingerprint density at radius 3 is 2.46 bits per heavy atom. The molecule has 3 aromatic heterocycles. The van der Waals surface area contributed by atoms with Gasteiger partial charge in [0.25, 0.3) is 0 Å². The van der Waals surface area contributed by atoms with Gasteiger partial charge in [0.05, 0.1) is 10.2 Å². The molecule has 2 unspecified atom stereocenters. The smallest absolute Gasteiger partial charge is 0.165 e. The van der Waals surface area contributed by atoms with Crippen molar-refractivity contribution in [3.8, 4) is 0 Å². The Labute approximate surface area is 142 Å². The van der Waals surface area contributed by atoms with Crippen molar-refractivity contribution in [2.24, 2.45) is 11.8 Å². The molecular weight excluding hydrogens is 325 g/mol. The zero-order valence-electron chi connectivity index (χ0n) is 13.0. The van der Waals surface area contributed by atoms with Gasteiger partial charge in [-0.05, 0) is 23.6 Å². The number of nitrogens with zero attached hydrogens (tertiary/aromatic N) is 5. The highest BCUT2D eigenvalue weighted by Crippen LogP contribution is 2.38. The summed E-state index contributed by atoms with van der Waals surface area (Å²) in [5.74, 6) is 2.35. The quantitative estimate of drug-likeness (QED) is 0.717. The van der Waals surface area contributed by atoms with Gasteiger partial charge in [-0.2, -0.15) is 0 Å². The summed E-state index contributed by atoms with van der Waals surface area (Å²) in [5, 5.41) is 2.06. The summed E-state index contributed by atoms with van der Waals surface area (Å²) in [6, 6.07) is 5.16. The number of aromatic nitrogens is 3. The molecule has 0 aliphatic carbocycles. The summed E-state index contributed by atoms with van der Waals surface area (Å²) in [7, 11) is 0. The van der Waals surface area contributed by atoms with Crippen LogP contribution in [0.15, 0.2) is 36.1 Å². The van der Waals surface area contributed by atoms with E-state index in [2.05, 4.69) is 30.1 Å². The molecule has 5 rings (SSSR count). The van der Waals surface area contributed by atoms with Crippen LogP contribution in [0.4, 0.5) is 16.0 Å². The van der Waals surface area contributed by atoms with Crippen molar-refractivity contribution in [1.29, 1.82) is 0 Å². The fourth-order valence-electron chi connectivity index (χ4n) is 3.95. The van der Waals surface area contributed by atoms with Gasteiger partial charge < -0.3 is 9.80 Å². The third kappa shape index (κ3) is 2.15. The Bertz CT molecular complexity index is 883. The maximum atomic E-state index is 14.0. The van der Waals surface area contributed by atoms with Crippen LogP contribution in [0, 0.1) is 17.7 Å². The van der Waals surface area contributed by atoms with E-state index in [0.29, 0.717) is 17.7 Å². The third-order valence-corrected chi connectivity index (χ3v) is 5.95. The molecule has 0 N–H and O–H groups in total. The van der Waals surface area contributed by atoms with Gasteiger partial charge in [-0.25, -0.2) is 19.3 Å². The first-order valence-corrected chi connectivity index (χ1v) is 8.96. The van der Waals surface area contributed by atoms with E-state index in [-0.39, 0.29) is 5.82 Å². The van der Waals surface area contributed by atoms with Crippen molar-refractivity contribution in [2.75, 3.05) is 36.0 Å². The lowest BCUT2D eigenvalue weighted by atomic mass is 10.0. The van der Waals surface area contributed by atoms with Gasteiger partial charge in [-0.15, -0.1) is 11.3 Å². The highest BCUT2D eigenvalue weighted by molar-refractivity contribution is 7.17. The van der Waals surface area contributed by atoms with Crippen LogP contribution < -0.4 is 9.80 Å². The summed E-state index contributed by atoms with van der Waals surface area (Å²) in [5.41, 5.74) is 1.01. The minimum absolute atomic E-state index is 0.231. The van der Waals surface area contributed by atoms with Crippen molar-refractivity contribution < 1.29 is 4.39 Å². The number of anilines is 2. The van der Waals surface area contributed by atoms with Crippen LogP contribution >= 0.6 is 11.3 Å². The zero-order chi connectivity index (χ0) is 16.1.